The summed E-state index contributed by atoms with van der Waals surface area (Å²) in [5.41, 5.74) is 4.06. The maximum absolute atomic E-state index is 9.05. The van der Waals surface area contributed by atoms with E-state index in [-0.39, 0.29) is 12.6 Å². The summed E-state index contributed by atoms with van der Waals surface area (Å²) in [7, 11) is 0. The Morgan fingerprint density at radius 3 is 2.96 bits per heavy atom. The van der Waals surface area contributed by atoms with E-state index in [1.807, 2.05) is 18.5 Å². The largest absolute Gasteiger partial charge is 0.394 e. The summed E-state index contributed by atoms with van der Waals surface area (Å²) in [5.74, 6) is 6.63. The monoisotopic (exact) mass is 396 g/mol. The van der Waals surface area contributed by atoms with E-state index < -0.39 is 0 Å². The number of nitrogen functional groups attached to an aromatic ring is 1. The molecular weight excluding hydrogens is 376 g/mol. The van der Waals surface area contributed by atoms with E-state index in [9.17, 15) is 0 Å². The standard InChI is InChI=1S/C18H20N8OS/c1-11(16-6-12-7-20-3-2-15(12)28-16)23-18-17(25-19)21-9-14(24-18)13-8-22-26(10-13)4-5-27/h2-3,6-11,27H,4-5,19H2,1H3,(H,21,25)(H,23,24). The molecule has 0 radical (unpaired) electrons. The maximum Gasteiger partial charge on any atom is 0.183 e. The van der Waals surface area contributed by atoms with Crippen LogP contribution in [-0.2, 0) is 6.54 Å². The van der Waals surface area contributed by atoms with Gasteiger partial charge in [-0.15, -0.1) is 11.3 Å². The van der Waals surface area contributed by atoms with Crippen molar-refractivity contribution in [3.63, 3.8) is 0 Å². The highest BCUT2D eigenvalue weighted by atomic mass is 32.1. The highest BCUT2D eigenvalue weighted by molar-refractivity contribution is 7.19. The lowest BCUT2D eigenvalue weighted by molar-refractivity contribution is 0.269. The summed E-state index contributed by atoms with van der Waals surface area (Å²) in [4.78, 5) is 14.4. The molecule has 0 amide bonds. The quantitative estimate of drug-likeness (QED) is 0.277. The average molecular weight is 396 g/mol. The van der Waals surface area contributed by atoms with Gasteiger partial charge >= 0.3 is 0 Å². The molecule has 0 spiro atoms. The number of rotatable bonds is 7. The Hall–Kier alpha value is -3.08. The van der Waals surface area contributed by atoms with Crippen LogP contribution in [0.4, 0.5) is 11.6 Å². The highest BCUT2D eigenvalue weighted by Crippen LogP contribution is 2.32. The predicted molar refractivity (Wildman–Crippen MR) is 110 cm³/mol. The van der Waals surface area contributed by atoms with Crippen LogP contribution in [0.2, 0.25) is 0 Å². The number of aliphatic hydroxyl groups excluding tert-OH is 1. The van der Waals surface area contributed by atoms with Crippen molar-refractivity contribution in [3.05, 3.63) is 48.0 Å². The van der Waals surface area contributed by atoms with Gasteiger partial charge in [0.05, 0.1) is 37.3 Å². The normalized spacial score (nSPS) is 12.2. The van der Waals surface area contributed by atoms with Gasteiger partial charge < -0.3 is 15.8 Å². The van der Waals surface area contributed by atoms with E-state index in [4.69, 9.17) is 10.9 Å². The van der Waals surface area contributed by atoms with Crippen molar-refractivity contribution in [2.24, 2.45) is 5.84 Å². The Kier molecular flexibility index (Phi) is 5.15. The van der Waals surface area contributed by atoms with Gasteiger partial charge in [0.25, 0.3) is 0 Å². The molecule has 1 unspecified atom stereocenters. The first kappa shape index (κ1) is 18.3. The molecule has 0 aromatic carbocycles. The van der Waals surface area contributed by atoms with Crippen LogP contribution >= 0.6 is 11.3 Å². The molecule has 0 saturated heterocycles. The van der Waals surface area contributed by atoms with Crippen molar-refractivity contribution in [3.8, 4) is 11.3 Å². The number of nitrogens with one attached hydrogen (secondary N) is 2. The van der Waals surface area contributed by atoms with Crippen molar-refractivity contribution >= 4 is 33.1 Å². The summed E-state index contributed by atoms with van der Waals surface area (Å²) in [5, 5.41) is 17.8. The number of fused-ring (bicyclic) bond motifs is 1. The van der Waals surface area contributed by atoms with Gasteiger partial charge in [-0.25, -0.2) is 15.8 Å². The van der Waals surface area contributed by atoms with Gasteiger partial charge in [-0.1, -0.05) is 0 Å². The molecule has 10 heteroatoms. The first-order valence-electron chi connectivity index (χ1n) is 8.75. The van der Waals surface area contributed by atoms with Crippen LogP contribution < -0.4 is 16.6 Å². The van der Waals surface area contributed by atoms with Crippen molar-refractivity contribution in [1.82, 2.24) is 24.7 Å². The molecule has 28 heavy (non-hydrogen) atoms. The number of nitrogens with two attached hydrogens (primary N) is 1. The number of hydrogen-bond donors (Lipinski definition) is 4. The molecule has 0 aliphatic carbocycles. The van der Waals surface area contributed by atoms with Gasteiger partial charge in [0.1, 0.15) is 0 Å². The molecule has 4 rings (SSSR count). The number of thiophene rings is 1. The van der Waals surface area contributed by atoms with E-state index >= 15 is 0 Å². The lowest BCUT2D eigenvalue weighted by Gasteiger charge is -2.16. The molecule has 0 saturated carbocycles. The fourth-order valence-corrected chi connectivity index (χ4v) is 3.88. The van der Waals surface area contributed by atoms with E-state index in [1.54, 1.807) is 34.6 Å². The van der Waals surface area contributed by atoms with Crippen molar-refractivity contribution < 1.29 is 5.11 Å². The van der Waals surface area contributed by atoms with Crippen LogP contribution in [0.25, 0.3) is 21.3 Å². The lowest BCUT2D eigenvalue weighted by Crippen LogP contribution is -2.15. The highest BCUT2D eigenvalue weighted by Gasteiger charge is 2.15. The number of hydrazine groups is 1. The molecule has 1 atom stereocenters. The SMILES string of the molecule is CC(Nc1nc(-c2cnn(CCO)c2)cnc1NN)c1cc2cnccc2s1. The molecule has 4 aromatic rings. The van der Waals surface area contributed by atoms with Crippen molar-refractivity contribution in [1.29, 1.82) is 0 Å². The number of aromatic nitrogens is 5. The Balaban J connectivity index is 1.61. The summed E-state index contributed by atoms with van der Waals surface area (Å²) in [6.07, 6.45) is 8.81. The molecule has 0 aliphatic rings. The number of hydrogen-bond acceptors (Lipinski definition) is 9. The third-order valence-corrected chi connectivity index (χ3v) is 5.58. The van der Waals surface area contributed by atoms with Gasteiger partial charge in [0.2, 0.25) is 0 Å². The Morgan fingerprint density at radius 1 is 1.29 bits per heavy atom. The van der Waals surface area contributed by atoms with Gasteiger partial charge in [-0.05, 0) is 19.1 Å². The van der Waals surface area contributed by atoms with Crippen molar-refractivity contribution in [2.75, 3.05) is 17.3 Å². The molecular formula is C18H20N8OS. The van der Waals surface area contributed by atoms with Crippen molar-refractivity contribution in [2.45, 2.75) is 19.5 Å². The molecule has 4 aromatic heterocycles. The maximum atomic E-state index is 9.05. The number of anilines is 2. The second-order valence-corrected chi connectivity index (χ2v) is 7.36. The fourth-order valence-electron chi connectivity index (χ4n) is 2.85. The van der Waals surface area contributed by atoms with Crippen LogP contribution in [0, 0.1) is 0 Å². The second-order valence-electron chi connectivity index (χ2n) is 6.24. The summed E-state index contributed by atoms with van der Waals surface area (Å²) in [6, 6.07) is 4.13. The van der Waals surface area contributed by atoms with Gasteiger partial charge in [0, 0.05) is 39.1 Å². The van der Waals surface area contributed by atoms with E-state index in [1.165, 1.54) is 4.70 Å². The number of nitrogens with zero attached hydrogens (tertiary/aromatic N) is 5. The topological polar surface area (TPSA) is 127 Å². The Labute approximate surface area is 165 Å². The summed E-state index contributed by atoms with van der Waals surface area (Å²) in [6.45, 7) is 2.52. The predicted octanol–water partition coefficient (Wildman–Crippen LogP) is 2.40. The van der Waals surface area contributed by atoms with Crippen LogP contribution in [0.3, 0.4) is 0 Å². The Morgan fingerprint density at radius 2 is 2.18 bits per heavy atom. The van der Waals surface area contributed by atoms with E-state index in [0.717, 1.165) is 15.8 Å². The molecule has 9 nitrogen and oxygen atoms in total. The zero-order valence-electron chi connectivity index (χ0n) is 15.2. The fraction of sp³-hybridized carbons (Fsp3) is 0.222. The van der Waals surface area contributed by atoms with Crippen LogP contribution in [0.1, 0.15) is 17.8 Å². The zero-order chi connectivity index (χ0) is 19.5. The summed E-state index contributed by atoms with van der Waals surface area (Å²) >= 11 is 1.71. The first-order chi connectivity index (χ1) is 13.7. The van der Waals surface area contributed by atoms with Crippen LogP contribution in [0.15, 0.2) is 43.1 Å². The second kappa shape index (κ2) is 7.89. The molecule has 4 heterocycles. The summed E-state index contributed by atoms with van der Waals surface area (Å²) < 4.78 is 2.85. The van der Waals surface area contributed by atoms with E-state index in [2.05, 4.69) is 43.8 Å². The van der Waals surface area contributed by atoms with Crippen LogP contribution in [-0.4, -0.2) is 36.4 Å². The number of aliphatic hydroxyl groups is 1. The molecule has 0 fully saturated rings. The third kappa shape index (κ3) is 3.65. The molecule has 5 N–H and O–H groups in total. The molecule has 0 bridgehead atoms. The zero-order valence-corrected chi connectivity index (χ0v) is 16.0. The average Bonchev–Trinajstić information content (AvgIpc) is 3.35. The van der Waals surface area contributed by atoms with Gasteiger partial charge in [0.15, 0.2) is 11.6 Å². The first-order valence-corrected chi connectivity index (χ1v) is 9.57. The smallest absolute Gasteiger partial charge is 0.183 e. The Bertz CT molecular complexity index is 1060. The minimum Gasteiger partial charge on any atom is -0.394 e. The van der Waals surface area contributed by atoms with Gasteiger partial charge in [-0.3, -0.25) is 9.67 Å². The van der Waals surface area contributed by atoms with Gasteiger partial charge in [-0.2, -0.15) is 5.10 Å². The number of pyridine rings is 1. The third-order valence-electron chi connectivity index (χ3n) is 4.28. The minimum atomic E-state index is 0.00571. The van der Waals surface area contributed by atoms with E-state index in [0.29, 0.717) is 23.9 Å². The molecule has 0 aliphatic heterocycles. The lowest BCUT2D eigenvalue weighted by atomic mass is 10.2. The molecule has 144 valence electrons. The van der Waals surface area contributed by atoms with Crippen LogP contribution in [0.5, 0.6) is 0 Å². The minimum absolute atomic E-state index is 0.00571.